The second kappa shape index (κ2) is 17.0. The second-order valence-electron chi connectivity index (χ2n) is 5.18. The molecule has 0 fully saturated rings. The van der Waals surface area contributed by atoms with Crippen LogP contribution in [-0.4, -0.2) is 34.8 Å². The minimum absolute atomic E-state index is 0.166. The molecular formula is C15H31ClO3Si. The van der Waals surface area contributed by atoms with Crippen LogP contribution in [0.4, 0.5) is 0 Å². The van der Waals surface area contributed by atoms with Crippen LogP contribution in [0.3, 0.4) is 0 Å². The maximum absolute atomic E-state index is 10.5. The first-order chi connectivity index (χ1) is 9.77. The highest BCUT2D eigenvalue weighted by Crippen LogP contribution is 2.10. The van der Waals surface area contributed by atoms with Crippen molar-refractivity contribution in [2.24, 2.45) is 0 Å². The van der Waals surface area contributed by atoms with Crippen molar-refractivity contribution in [3.8, 4) is 0 Å². The standard InChI is InChI=1S/C15H31ClO3Si/c1-15(17)18-12-9-7-5-3-2-4-6-8-10-14-20-19-13-11-16/h2-14,20H2,1H3. The number of unbranched alkanes of at least 4 members (excludes halogenated alkanes) is 8. The zero-order valence-electron chi connectivity index (χ0n) is 13.0. The van der Waals surface area contributed by atoms with Crippen LogP contribution < -0.4 is 0 Å². The molecule has 0 aromatic carbocycles. The SMILES string of the molecule is CC(=O)OCCCCCCCCCCC[SiH2]OCCCl. The average molecular weight is 323 g/mol. The molecule has 0 N–H and O–H groups in total. The number of carbonyl (C=O) groups excluding carboxylic acids is 1. The summed E-state index contributed by atoms with van der Waals surface area (Å²) in [5.74, 6) is 0.467. The molecule has 0 saturated carbocycles. The largest absolute Gasteiger partial charge is 0.466 e. The van der Waals surface area contributed by atoms with E-state index in [2.05, 4.69) is 0 Å². The highest BCUT2D eigenvalue weighted by atomic mass is 35.5. The van der Waals surface area contributed by atoms with Crippen molar-refractivity contribution in [2.45, 2.75) is 70.8 Å². The van der Waals surface area contributed by atoms with E-state index in [0.29, 0.717) is 12.5 Å². The molecule has 0 aliphatic rings. The van der Waals surface area contributed by atoms with Gasteiger partial charge >= 0.3 is 5.97 Å². The lowest BCUT2D eigenvalue weighted by Crippen LogP contribution is -2.00. The third kappa shape index (κ3) is 17.9. The zero-order chi connectivity index (χ0) is 14.9. The van der Waals surface area contributed by atoms with Crippen molar-refractivity contribution >= 4 is 27.3 Å². The van der Waals surface area contributed by atoms with Gasteiger partial charge in [-0.3, -0.25) is 4.79 Å². The molecule has 0 radical (unpaired) electrons. The molecule has 3 nitrogen and oxygen atoms in total. The predicted octanol–water partition coefficient (Wildman–Crippen LogP) is 3.82. The summed E-state index contributed by atoms with van der Waals surface area (Å²) < 4.78 is 10.4. The monoisotopic (exact) mass is 322 g/mol. The van der Waals surface area contributed by atoms with Gasteiger partial charge in [-0.2, -0.15) is 0 Å². The summed E-state index contributed by atoms with van der Waals surface area (Å²) in [4.78, 5) is 10.5. The molecule has 0 amide bonds. The van der Waals surface area contributed by atoms with Crippen molar-refractivity contribution in [1.82, 2.24) is 0 Å². The van der Waals surface area contributed by atoms with Gasteiger partial charge in [0.2, 0.25) is 0 Å². The Morgan fingerprint density at radius 3 is 2.00 bits per heavy atom. The Hall–Kier alpha value is -0.0631. The van der Waals surface area contributed by atoms with E-state index >= 15 is 0 Å². The molecule has 0 aromatic rings. The smallest absolute Gasteiger partial charge is 0.302 e. The molecule has 5 heteroatoms. The summed E-state index contributed by atoms with van der Waals surface area (Å²) in [6, 6.07) is 1.30. The van der Waals surface area contributed by atoms with Gasteiger partial charge in [-0.1, -0.05) is 51.4 Å². The molecule has 20 heavy (non-hydrogen) atoms. The number of hydrogen-bond donors (Lipinski definition) is 0. The summed E-state index contributed by atoms with van der Waals surface area (Å²) in [5.41, 5.74) is 0. The van der Waals surface area contributed by atoms with Gasteiger partial charge in [0.25, 0.3) is 0 Å². The summed E-state index contributed by atoms with van der Waals surface area (Å²) in [6.07, 6.45) is 11.5. The van der Waals surface area contributed by atoms with Gasteiger partial charge in [-0.25, -0.2) is 0 Å². The van der Waals surface area contributed by atoms with Gasteiger partial charge < -0.3 is 9.16 Å². The van der Waals surface area contributed by atoms with E-state index in [0.717, 1.165) is 13.0 Å². The van der Waals surface area contributed by atoms with Crippen LogP contribution in [0, 0.1) is 0 Å². The number of ether oxygens (including phenoxy) is 1. The lowest BCUT2D eigenvalue weighted by atomic mass is 10.1. The zero-order valence-corrected chi connectivity index (χ0v) is 15.2. The van der Waals surface area contributed by atoms with E-state index in [4.69, 9.17) is 20.8 Å². The van der Waals surface area contributed by atoms with Crippen LogP contribution >= 0.6 is 11.6 Å². The van der Waals surface area contributed by atoms with Crippen molar-refractivity contribution in [3.05, 3.63) is 0 Å². The van der Waals surface area contributed by atoms with Crippen LogP contribution in [-0.2, 0) is 14.0 Å². The van der Waals surface area contributed by atoms with Crippen LogP contribution in [0.1, 0.15) is 64.7 Å². The maximum Gasteiger partial charge on any atom is 0.302 e. The Bertz CT molecular complexity index is 215. The molecular weight excluding hydrogens is 292 g/mol. The second-order valence-corrected chi connectivity index (χ2v) is 7.08. The van der Waals surface area contributed by atoms with E-state index in [1.807, 2.05) is 0 Å². The average Bonchev–Trinajstić information content (AvgIpc) is 2.43. The lowest BCUT2D eigenvalue weighted by Gasteiger charge is -2.03. The van der Waals surface area contributed by atoms with Crippen molar-refractivity contribution in [3.63, 3.8) is 0 Å². The van der Waals surface area contributed by atoms with Crippen molar-refractivity contribution < 1.29 is 14.0 Å². The number of hydrogen-bond acceptors (Lipinski definition) is 3. The summed E-state index contributed by atoms with van der Waals surface area (Å²) in [6.45, 7) is 2.79. The topological polar surface area (TPSA) is 35.5 Å². The molecule has 0 bridgehead atoms. The molecule has 0 atom stereocenters. The highest BCUT2D eigenvalue weighted by molar-refractivity contribution is 6.27. The number of esters is 1. The molecule has 0 saturated heterocycles. The highest BCUT2D eigenvalue weighted by Gasteiger charge is 1.95. The number of alkyl halides is 1. The van der Waals surface area contributed by atoms with Crippen LogP contribution in [0.2, 0.25) is 6.04 Å². The van der Waals surface area contributed by atoms with E-state index in [-0.39, 0.29) is 15.7 Å². The van der Waals surface area contributed by atoms with Gasteiger partial charge in [-0.15, -0.1) is 11.6 Å². The van der Waals surface area contributed by atoms with Gasteiger partial charge in [0.05, 0.1) is 6.61 Å². The Labute approximate surface area is 131 Å². The third-order valence-electron chi connectivity index (χ3n) is 3.21. The fourth-order valence-electron chi connectivity index (χ4n) is 2.09. The molecule has 0 rings (SSSR count). The Morgan fingerprint density at radius 2 is 1.45 bits per heavy atom. The third-order valence-corrected chi connectivity index (χ3v) is 4.73. The molecule has 0 heterocycles. The molecule has 0 aliphatic carbocycles. The first-order valence-corrected chi connectivity index (χ1v) is 10.2. The fraction of sp³-hybridized carbons (Fsp3) is 0.933. The van der Waals surface area contributed by atoms with E-state index in [9.17, 15) is 4.79 Å². The minimum atomic E-state index is -0.282. The Balaban J connectivity index is 2.94. The quantitative estimate of drug-likeness (QED) is 0.199. The minimum Gasteiger partial charge on any atom is -0.466 e. The van der Waals surface area contributed by atoms with E-state index in [1.54, 1.807) is 0 Å². The van der Waals surface area contributed by atoms with Crippen molar-refractivity contribution in [2.75, 3.05) is 19.1 Å². The maximum atomic E-state index is 10.5. The van der Waals surface area contributed by atoms with E-state index in [1.165, 1.54) is 64.3 Å². The van der Waals surface area contributed by atoms with Crippen molar-refractivity contribution in [1.29, 1.82) is 0 Å². The molecule has 0 unspecified atom stereocenters. The molecule has 120 valence electrons. The normalized spacial score (nSPS) is 11.3. The Kier molecular flexibility index (Phi) is 16.9. The summed E-state index contributed by atoms with van der Waals surface area (Å²) in [5, 5.41) is 0. The fourth-order valence-corrected chi connectivity index (χ4v) is 3.50. The van der Waals surface area contributed by atoms with Crippen LogP contribution in [0.5, 0.6) is 0 Å². The first-order valence-electron chi connectivity index (χ1n) is 8.04. The Morgan fingerprint density at radius 1 is 0.900 bits per heavy atom. The molecule has 0 aliphatic heterocycles. The van der Waals surface area contributed by atoms with Gasteiger partial charge in [-0.05, 0) is 12.5 Å². The number of halogens is 1. The van der Waals surface area contributed by atoms with Crippen LogP contribution in [0.25, 0.3) is 0 Å². The summed E-state index contributed by atoms with van der Waals surface area (Å²) in [7, 11) is -0.282. The van der Waals surface area contributed by atoms with Crippen LogP contribution in [0.15, 0.2) is 0 Å². The number of carbonyl (C=O) groups is 1. The number of rotatable bonds is 15. The van der Waals surface area contributed by atoms with Gasteiger partial charge in [0.1, 0.15) is 0 Å². The predicted molar refractivity (Wildman–Crippen MR) is 88.2 cm³/mol. The first kappa shape index (κ1) is 19.9. The van der Waals surface area contributed by atoms with Gasteiger partial charge in [0.15, 0.2) is 9.76 Å². The van der Waals surface area contributed by atoms with E-state index < -0.39 is 0 Å². The molecule has 0 aromatic heterocycles. The lowest BCUT2D eigenvalue weighted by molar-refractivity contribution is -0.141. The van der Waals surface area contributed by atoms with Gasteiger partial charge in [0, 0.05) is 19.4 Å². The molecule has 0 spiro atoms. The summed E-state index contributed by atoms with van der Waals surface area (Å²) >= 11 is 5.54.